The first-order valence-corrected chi connectivity index (χ1v) is 22.6. The molecule has 1 aromatic heterocycles. The average Bonchev–Trinajstić information content (AvgIpc) is 3.83. The number of anilines is 3. The fraction of sp³-hybridized carbons (Fsp3) is 0.0476. The molecular weight excluding hydrogens is 785 g/mol. The minimum absolute atomic E-state index is 0.113. The molecule has 0 N–H and O–H groups in total. The highest BCUT2D eigenvalue weighted by Crippen LogP contribution is 2.53. The van der Waals surface area contributed by atoms with Crippen molar-refractivity contribution in [2.75, 3.05) is 4.90 Å². The minimum atomic E-state index is -0.113. The van der Waals surface area contributed by atoms with E-state index in [1.54, 1.807) is 0 Å². The van der Waals surface area contributed by atoms with Crippen LogP contribution in [0.15, 0.2) is 243 Å². The fourth-order valence-electron chi connectivity index (χ4n) is 10.6. The van der Waals surface area contributed by atoms with Gasteiger partial charge in [0.2, 0.25) is 0 Å². The van der Waals surface area contributed by atoms with E-state index in [9.17, 15) is 0 Å². The van der Waals surface area contributed by atoms with Gasteiger partial charge in [-0.15, -0.1) is 0 Å². The Hall–Kier alpha value is -8.20. The van der Waals surface area contributed by atoms with E-state index in [-0.39, 0.29) is 5.41 Å². The lowest BCUT2D eigenvalue weighted by Gasteiger charge is -2.31. The van der Waals surface area contributed by atoms with Crippen molar-refractivity contribution < 1.29 is 0 Å². The molecule has 0 unspecified atom stereocenters. The third-order valence-corrected chi connectivity index (χ3v) is 13.6. The second-order valence-electron chi connectivity index (χ2n) is 17.7. The smallest absolute Gasteiger partial charge is 0.0619 e. The Bertz CT molecular complexity index is 3560. The number of hydrogen-bond donors (Lipinski definition) is 0. The third kappa shape index (κ3) is 6.32. The lowest BCUT2D eigenvalue weighted by atomic mass is 9.82. The number of fused-ring (bicyclic) bond motifs is 6. The predicted molar refractivity (Wildman–Crippen MR) is 275 cm³/mol. The highest BCUT2D eigenvalue weighted by Gasteiger charge is 2.36. The second-order valence-corrected chi connectivity index (χ2v) is 17.7. The van der Waals surface area contributed by atoms with E-state index in [4.69, 9.17) is 0 Å². The van der Waals surface area contributed by atoms with Gasteiger partial charge >= 0.3 is 0 Å². The Morgan fingerprint density at radius 2 is 0.892 bits per heavy atom. The van der Waals surface area contributed by atoms with E-state index in [1.807, 2.05) is 0 Å². The summed E-state index contributed by atoms with van der Waals surface area (Å²) in [6.45, 7) is 4.71. The minimum Gasteiger partial charge on any atom is -0.310 e. The lowest BCUT2D eigenvalue weighted by molar-refractivity contribution is 0.660. The van der Waals surface area contributed by atoms with Gasteiger partial charge in [-0.3, -0.25) is 0 Å². The van der Waals surface area contributed by atoms with Gasteiger partial charge in [0.1, 0.15) is 0 Å². The molecule has 12 rings (SSSR count). The fourth-order valence-corrected chi connectivity index (χ4v) is 10.6. The Morgan fingerprint density at radius 3 is 1.68 bits per heavy atom. The second kappa shape index (κ2) is 15.6. The van der Waals surface area contributed by atoms with Crippen LogP contribution in [0.2, 0.25) is 0 Å². The molecule has 1 aliphatic carbocycles. The van der Waals surface area contributed by atoms with Crippen molar-refractivity contribution in [3.05, 3.63) is 254 Å². The Labute approximate surface area is 381 Å². The molecule has 0 amide bonds. The standard InChI is InChI=1S/C63H46N2/c1-63(2)57-36-16-14-30-52(57)56-42-48(39-40-58(56)63)64(60-38-20-33-50(44-23-8-4-9-24-44)61(60)54-32-13-12-29-49(54)43-21-6-3-7-22-43)47-28-18-25-45(41-47)51-34-19-35-55-53-31-15-17-37-59(53)65(62(51)55)46-26-10-5-11-27-46/h3-42H,1-2H3. The number of nitrogens with zero attached hydrogens (tertiary/aromatic N) is 2. The van der Waals surface area contributed by atoms with Crippen molar-refractivity contribution in [3.8, 4) is 61.3 Å². The third-order valence-electron chi connectivity index (χ3n) is 13.6. The monoisotopic (exact) mass is 830 g/mol. The zero-order chi connectivity index (χ0) is 43.5. The molecule has 1 aliphatic rings. The Kier molecular flexibility index (Phi) is 9.21. The summed E-state index contributed by atoms with van der Waals surface area (Å²) >= 11 is 0. The zero-order valence-electron chi connectivity index (χ0n) is 36.5. The van der Waals surface area contributed by atoms with Crippen molar-refractivity contribution in [2.24, 2.45) is 0 Å². The summed E-state index contributed by atoms with van der Waals surface area (Å²) < 4.78 is 2.44. The van der Waals surface area contributed by atoms with E-state index in [0.29, 0.717) is 0 Å². The molecule has 2 heteroatoms. The summed E-state index contributed by atoms with van der Waals surface area (Å²) in [4.78, 5) is 2.51. The summed E-state index contributed by atoms with van der Waals surface area (Å²) in [6.07, 6.45) is 0. The van der Waals surface area contributed by atoms with Crippen LogP contribution in [0.25, 0.3) is 83.1 Å². The van der Waals surface area contributed by atoms with Gasteiger partial charge in [-0.2, -0.15) is 0 Å². The van der Waals surface area contributed by atoms with E-state index < -0.39 is 0 Å². The van der Waals surface area contributed by atoms with Crippen LogP contribution < -0.4 is 4.90 Å². The van der Waals surface area contributed by atoms with Gasteiger partial charge in [-0.1, -0.05) is 208 Å². The number of para-hydroxylation sites is 3. The normalized spacial score (nSPS) is 12.6. The molecule has 1 heterocycles. The molecule has 0 aliphatic heterocycles. The first kappa shape index (κ1) is 38.5. The average molecular weight is 831 g/mol. The quantitative estimate of drug-likeness (QED) is 0.148. The molecule has 308 valence electrons. The molecular formula is C63H46N2. The Morgan fingerprint density at radius 1 is 0.354 bits per heavy atom. The van der Waals surface area contributed by atoms with E-state index >= 15 is 0 Å². The molecule has 10 aromatic carbocycles. The highest BCUT2D eigenvalue weighted by molar-refractivity contribution is 6.14. The van der Waals surface area contributed by atoms with E-state index in [0.717, 1.165) is 28.3 Å². The molecule has 65 heavy (non-hydrogen) atoms. The topological polar surface area (TPSA) is 8.17 Å². The molecule has 0 fully saturated rings. The maximum atomic E-state index is 2.51. The van der Waals surface area contributed by atoms with Crippen molar-refractivity contribution in [1.82, 2.24) is 4.57 Å². The zero-order valence-corrected chi connectivity index (χ0v) is 36.5. The number of benzene rings is 10. The molecule has 0 saturated carbocycles. The Balaban J connectivity index is 1.15. The van der Waals surface area contributed by atoms with E-state index in [2.05, 4.69) is 266 Å². The summed E-state index contributed by atoms with van der Waals surface area (Å²) in [5, 5.41) is 2.48. The molecule has 0 atom stereocenters. The summed E-state index contributed by atoms with van der Waals surface area (Å²) in [5.74, 6) is 0. The summed E-state index contributed by atoms with van der Waals surface area (Å²) in [6, 6.07) is 89.0. The van der Waals surface area contributed by atoms with Gasteiger partial charge < -0.3 is 9.47 Å². The maximum Gasteiger partial charge on any atom is 0.0619 e. The molecule has 0 saturated heterocycles. The van der Waals surface area contributed by atoms with Crippen LogP contribution in [0.3, 0.4) is 0 Å². The van der Waals surface area contributed by atoms with Gasteiger partial charge in [-0.25, -0.2) is 0 Å². The van der Waals surface area contributed by atoms with E-state index in [1.165, 1.54) is 83.0 Å². The SMILES string of the molecule is CC1(C)c2ccccc2-c2cc(N(c3cccc(-c4cccc5c6ccccc6n(-c6ccccc6)c45)c3)c3cccc(-c4ccccc4)c3-c3ccccc3-c3ccccc3)ccc21. The van der Waals surface area contributed by atoms with Crippen molar-refractivity contribution >= 4 is 38.9 Å². The number of hydrogen-bond acceptors (Lipinski definition) is 1. The number of rotatable bonds is 8. The summed E-state index contributed by atoms with van der Waals surface area (Å²) in [5.41, 5.74) is 21.4. The van der Waals surface area contributed by atoms with Crippen LogP contribution >= 0.6 is 0 Å². The molecule has 11 aromatic rings. The molecule has 0 bridgehead atoms. The van der Waals surface area contributed by atoms with Crippen LogP contribution in [0.5, 0.6) is 0 Å². The first-order valence-electron chi connectivity index (χ1n) is 22.6. The number of aromatic nitrogens is 1. The van der Waals surface area contributed by atoms with Gasteiger partial charge in [0, 0.05) is 44.4 Å². The van der Waals surface area contributed by atoms with Crippen LogP contribution in [-0.4, -0.2) is 4.57 Å². The van der Waals surface area contributed by atoms with Crippen LogP contribution in [-0.2, 0) is 5.41 Å². The van der Waals surface area contributed by atoms with Crippen molar-refractivity contribution in [2.45, 2.75) is 19.3 Å². The van der Waals surface area contributed by atoms with Crippen LogP contribution in [0.1, 0.15) is 25.0 Å². The van der Waals surface area contributed by atoms with Crippen LogP contribution in [0.4, 0.5) is 17.1 Å². The van der Waals surface area contributed by atoms with Gasteiger partial charge in [0.15, 0.2) is 0 Å². The molecule has 2 nitrogen and oxygen atoms in total. The largest absolute Gasteiger partial charge is 0.310 e. The summed E-state index contributed by atoms with van der Waals surface area (Å²) in [7, 11) is 0. The lowest BCUT2D eigenvalue weighted by Crippen LogP contribution is -2.15. The van der Waals surface area contributed by atoms with Crippen molar-refractivity contribution in [1.29, 1.82) is 0 Å². The van der Waals surface area contributed by atoms with Crippen molar-refractivity contribution in [3.63, 3.8) is 0 Å². The highest BCUT2D eigenvalue weighted by atomic mass is 15.1. The molecule has 0 spiro atoms. The first-order chi connectivity index (χ1) is 32.0. The maximum absolute atomic E-state index is 2.51. The predicted octanol–water partition coefficient (Wildman–Crippen LogP) is 17.2. The van der Waals surface area contributed by atoms with Gasteiger partial charge in [-0.05, 0) is 104 Å². The van der Waals surface area contributed by atoms with Crippen LogP contribution in [0, 0.1) is 0 Å². The van der Waals surface area contributed by atoms with Gasteiger partial charge in [0.05, 0.1) is 16.7 Å². The van der Waals surface area contributed by atoms with Gasteiger partial charge in [0.25, 0.3) is 0 Å². The molecule has 0 radical (unpaired) electrons.